The summed E-state index contributed by atoms with van der Waals surface area (Å²) in [6.45, 7) is 10.1. The Morgan fingerprint density at radius 1 is 1.35 bits per heavy atom. The molecule has 1 heterocycles. The summed E-state index contributed by atoms with van der Waals surface area (Å²) in [6.07, 6.45) is 1.32. The fraction of sp³-hybridized carbons (Fsp3) is 0.286. The van der Waals surface area contributed by atoms with Crippen LogP contribution in [0, 0.1) is 5.92 Å². The quantitative estimate of drug-likeness (QED) is 0.757. The van der Waals surface area contributed by atoms with Crippen LogP contribution in [0.2, 0.25) is 0 Å². The average molecular weight is 351 g/mol. The third-order valence-corrected chi connectivity index (χ3v) is 4.10. The number of carbonyl (C=O) groups is 1. The molecular weight excluding hydrogens is 326 g/mol. The van der Waals surface area contributed by atoms with Crippen LogP contribution in [0.3, 0.4) is 0 Å². The summed E-state index contributed by atoms with van der Waals surface area (Å²) >= 11 is 0. The topological polar surface area (TPSA) is 53.6 Å². The number of rotatable bonds is 6. The molecule has 0 bridgehead atoms. The maximum Gasteiger partial charge on any atom is 0.255 e. The molecule has 0 saturated carbocycles. The monoisotopic (exact) mass is 351 g/mol. The van der Waals surface area contributed by atoms with E-state index in [9.17, 15) is 4.79 Å². The molecule has 2 N–H and O–H groups in total. The first-order chi connectivity index (χ1) is 12.6. The largest absolute Gasteiger partial charge is 0.487 e. The minimum absolute atomic E-state index is 0.200. The van der Waals surface area contributed by atoms with Crippen LogP contribution in [0.5, 0.6) is 5.75 Å². The lowest BCUT2D eigenvalue weighted by Gasteiger charge is -2.29. The van der Waals surface area contributed by atoms with Gasteiger partial charge in [-0.15, -0.1) is 0 Å². The zero-order chi connectivity index (χ0) is 18.5. The Labute approximate surface area is 154 Å². The lowest BCUT2D eigenvalue weighted by molar-refractivity contribution is -0.113. The smallest absolute Gasteiger partial charge is 0.255 e. The molecule has 1 aliphatic rings. The number of nitrogens with one attached hydrogen (secondary N) is 2. The van der Waals surface area contributed by atoms with Crippen LogP contribution in [0.1, 0.15) is 13.8 Å². The highest BCUT2D eigenvalue weighted by molar-refractivity contribution is 6.08. The number of hydrogen-bond acceptors (Lipinski definition) is 4. The molecule has 5 nitrogen and oxygen atoms in total. The van der Waals surface area contributed by atoms with Crippen molar-refractivity contribution < 1.29 is 9.53 Å². The number of hydrogen-bond donors (Lipinski definition) is 2. The Morgan fingerprint density at radius 2 is 2.12 bits per heavy atom. The van der Waals surface area contributed by atoms with Crippen molar-refractivity contribution in [1.82, 2.24) is 0 Å². The first-order valence-electron chi connectivity index (χ1n) is 8.90. The third-order valence-electron chi connectivity index (χ3n) is 4.10. The van der Waals surface area contributed by atoms with Gasteiger partial charge in [0.05, 0.1) is 11.4 Å². The molecular formula is C21H25N3O2. The van der Waals surface area contributed by atoms with Crippen molar-refractivity contribution in [2.24, 2.45) is 5.92 Å². The van der Waals surface area contributed by atoms with Crippen molar-refractivity contribution >= 4 is 28.7 Å². The van der Waals surface area contributed by atoms with E-state index >= 15 is 0 Å². The minimum atomic E-state index is -0.200. The maximum absolute atomic E-state index is 12.7. The first-order valence-corrected chi connectivity index (χ1v) is 8.90. The van der Waals surface area contributed by atoms with E-state index in [1.807, 2.05) is 42.5 Å². The van der Waals surface area contributed by atoms with Crippen molar-refractivity contribution in [2.75, 3.05) is 35.2 Å². The predicted molar refractivity (Wildman–Crippen MR) is 108 cm³/mol. The summed E-state index contributed by atoms with van der Waals surface area (Å²) in [6, 6.07) is 13.5. The second kappa shape index (κ2) is 7.95. The van der Waals surface area contributed by atoms with Gasteiger partial charge in [0.1, 0.15) is 6.61 Å². The van der Waals surface area contributed by atoms with E-state index in [1.54, 1.807) is 4.90 Å². The lowest BCUT2D eigenvalue weighted by atomic mass is 10.1. The highest BCUT2D eigenvalue weighted by Crippen LogP contribution is 2.43. The fourth-order valence-corrected chi connectivity index (χ4v) is 2.88. The second-order valence-electron chi connectivity index (χ2n) is 6.64. The van der Waals surface area contributed by atoms with Gasteiger partial charge in [-0.3, -0.25) is 9.69 Å². The zero-order valence-electron chi connectivity index (χ0n) is 15.3. The number of nitrogens with zero attached hydrogens (tertiary/aromatic N) is 1. The van der Waals surface area contributed by atoms with E-state index in [2.05, 4.69) is 31.1 Å². The third kappa shape index (κ3) is 3.82. The molecule has 5 heteroatoms. The van der Waals surface area contributed by atoms with E-state index < -0.39 is 0 Å². The van der Waals surface area contributed by atoms with Crippen LogP contribution < -0.4 is 20.3 Å². The molecule has 0 saturated heterocycles. The first kappa shape index (κ1) is 17.9. The van der Waals surface area contributed by atoms with Crippen LogP contribution in [-0.4, -0.2) is 25.6 Å². The van der Waals surface area contributed by atoms with Crippen LogP contribution >= 0.6 is 0 Å². The molecule has 1 amide bonds. The zero-order valence-corrected chi connectivity index (χ0v) is 15.3. The highest BCUT2D eigenvalue weighted by atomic mass is 16.5. The maximum atomic E-state index is 12.7. The fourth-order valence-electron chi connectivity index (χ4n) is 2.88. The lowest BCUT2D eigenvalue weighted by Crippen LogP contribution is -2.27. The molecule has 2 aromatic carbocycles. The molecule has 0 aromatic heterocycles. The Morgan fingerprint density at radius 3 is 2.81 bits per heavy atom. The Hall–Kier alpha value is -2.95. The molecule has 0 radical (unpaired) electrons. The molecule has 3 rings (SSSR count). The molecule has 0 unspecified atom stereocenters. The van der Waals surface area contributed by atoms with Crippen LogP contribution in [0.4, 0.5) is 22.7 Å². The SMILES string of the molecule is C=CC(=O)N(c1ccccc1)c1cc(NCC(C)C)cc2c1OCCN2. The van der Waals surface area contributed by atoms with Gasteiger partial charge < -0.3 is 15.4 Å². The number of anilines is 4. The van der Waals surface area contributed by atoms with Gasteiger partial charge in [0.15, 0.2) is 5.75 Å². The highest BCUT2D eigenvalue weighted by Gasteiger charge is 2.24. The summed E-state index contributed by atoms with van der Waals surface area (Å²) < 4.78 is 5.91. The van der Waals surface area contributed by atoms with Crippen molar-refractivity contribution in [3.63, 3.8) is 0 Å². The van der Waals surface area contributed by atoms with Gasteiger partial charge in [0.25, 0.3) is 5.91 Å². The molecule has 0 aliphatic carbocycles. The minimum Gasteiger partial charge on any atom is -0.487 e. The van der Waals surface area contributed by atoms with Gasteiger partial charge in [0, 0.05) is 24.5 Å². The van der Waals surface area contributed by atoms with Gasteiger partial charge in [-0.1, -0.05) is 38.6 Å². The van der Waals surface area contributed by atoms with E-state index in [0.717, 1.165) is 30.2 Å². The number of carbonyl (C=O) groups excluding carboxylic acids is 1. The summed E-state index contributed by atoms with van der Waals surface area (Å²) in [5, 5.41) is 6.80. The second-order valence-corrected chi connectivity index (χ2v) is 6.64. The Kier molecular flexibility index (Phi) is 5.46. The number of amides is 1. The van der Waals surface area contributed by atoms with E-state index in [1.165, 1.54) is 6.08 Å². The van der Waals surface area contributed by atoms with Gasteiger partial charge in [0.2, 0.25) is 0 Å². The van der Waals surface area contributed by atoms with Crippen molar-refractivity contribution in [3.05, 3.63) is 55.1 Å². The molecule has 0 fully saturated rings. The average Bonchev–Trinajstić information content (AvgIpc) is 2.67. The van der Waals surface area contributed by atoms with E-state index in [0.29, 0.717) is 24.0 Å². The summed E-state index contributed by atoms with van der Waals surface area (Å²) in [4.78, 5) is 14.3. The number of ether oxygens (including phenoxy) is 1. The van der Waals surface area contributed by atoms with Crippen molar-refractivity contribution in [3.8, 4) is 5.75 Å². The van der Waals surface area contributed by atoms with E-state index in [-0.39, 0.29) is 5.91 Å². The molecule has 2 aromatic rings. The van der Waals surface area contributed by atoms with Gasteiger partial charge >= 0.3 is 0 Å². The van der Waals surface area contributed by atoms with Crippen molar-refractivity contribution in [1.29, 1.82) is 0 Å². The summed E-state index contributed by atoms with van der Waals surface area (Å²) in [5.74, 6) is 0.998. The van der Waals surface area contributed by atoms with Gasteiger partial charge in [-0.2, -0.15) is 0 Å². The standard InChI is InChI=1S/C21H25N3O2/c1-4-20(25)24(17-8-6-5-7-9-17)19-13-16(23-14-15(2)3)12-18-21(19)26-11-10-22-18/h4-9,12-13,15,22-23H,1,10-11,14H2,2-3H3. The van der Waals surface area contributed by atoms with Crippen LogP contribution in [-0.2, 0) is 4.79 Å². The number of para-hydroxylation sites is 1. The van der Waals surface area contributed by atoms with Crippen molar-refractivity contribution in [2.45, 2.75) is 13.8 Å². The molecule has 0 spiro atoms. The summed E-state index contributed by atoms with van der Waals surface area (Å²) in [7, 11) is 0. The number of benzene rings is 2. The Bertz CT molecular complexity index is 787. The normalized spacial score (nSPS) is 12.6. The predicted octanol–water partition coefficient (Wildman–Crippen LogP) is 4.41. The molecule has 1 aliphatic heterocycles. The van der Waals surface area contributed by atoms with Crippen LogP contribution in [0.15, 0.2) is 55.1 Å². The van der Waals surface area contributed by atoms with Gasteiger partial charge in [-0.05, 0) is 36.3 Å². The summed E-state index contributed by atoms with van der Waals surface area (Å²) in [5.41, 5.74) is 3.31. The van der Waals surface area contributed by atoms with Crippen LogP contribution in [0.25, 0.3) is 0 Å². The molecule has 0 atom stereocenters. The molecule has 136 valence electrons. The Balaban J connectivity index is 2.11. The molecule has 26 heavy (non-hydrogen) atoms. The van der Waals surface area contributed by atoms with Gasteiger partial charge in [-0.25, -0.2) is 0 Å². The van der Waals surface area contributed by atoms with E-state index in [4.69, 9.17) is 4.74 Å². The number of fused-ring (bicyclic) bond motifs is 1.